The van der Waals surface area contributed by atoms with Gasteiger partial charge in [-0.05, 0) is 67.2 Å². The Bertz CT molecular complexity index is 501. The van der Waals surface area contributed by atoms with Crippen LogP contribution in [0.3, 0.4) is 0 Å². The molecule has 1 atom stereocenters. The second kappa shape index (κ2) is 5.23. The van der Waals surface area contributed by atoms with E-state index in [2.05, 4.69) is 58.2 Å². The fraction of sp³-hybridized carbons (Fsp3) is 0.286. The minimum atomic E-state index is 0.199. The zero-order valence-corrected chi connectivity index (χ0v) is 12.4. The van der Waals surface area contributed by atoms with Gasteiger partial charge in [0.15, 0.2) is 0 Å². The maximum absolute atomic E-state index is 5.60. The van der Waals surface area contributed by atoms with Gasteiger partial charge in [0.05, 0.1) is 6.04 Å². The Morgan fingerprint density at radius 1 is 1.18 bits per heavy atom. The van der Waals surface area contributed by atoms with Gasteiger partial charge in [-0.15, -0.1) is 0 Å². The SMILES string of the molecule is CNC(c1ccc(I)cc1)c1cc(C)oc1C. The number of halogens is 1. The normalized spacial score (nSPS) is 12.7. The highest BCUT2D eigenvalue weighted by molar-refractivity contribution is 14.1. The molecule has 0 saturated carbocycles. The van der Waals surface area contributed by atoms with Crippen molar-refractivity contribution >= 4 is 22.6 Å². The van der Waals surface area contributed by atoms with Gasteiger partial charge in [-0.3, -0.25) is 0 Å². The second-order valence-electron chi connectivity index (χ2n) is 4.14. The molecule has 0 aliphatic rings. The minimum absolute atomic E-state index is 0.199. The van der Waals surface area contributed by atoms with Crippen molar-refractivity contribution in [3.63, 3.8) is 0 Å². The third-order valence-corrected chi connectivity index (χ3v) is 3.60. The molecule has 0 fully saturated rings. The van der Waals surface area contributed by atoms with Gasteiger partial charge in [0.2, 0.25) is 0 Å². The summed E-state index contributed by atoms with van der Waals surface area (Å²) in [6.45, 7) is 4.00. The molecule has 0 spiro atoms. The number of rotatable bonds is 3. The Balaban J connectivity index is 2.39. The van der Waals surface area contributed by atoms with Gasteiger partial charge in [0.25, 0.3) is 0 Å². The van der Waals surface area contributed by atoms with Crippen LogP contribution in [0.2, 0.25) is 0 Å². The lowest BCUT2D eigenvalue weighted by atomic mass is 9.99. The lowest BCUT2D eigenvalue weighted by Crippen LogP contribution is -2.17. The van der Waals surface area contributed by atoms with Crippen LogP contribution >= 0.6 is 22.6 Å². The van der Waals surface area contributed by atoms with Gasteiger partial charge < -0.3 is 9.73 Å². The van der Waals surface area contributed by atoms with Crippen LogP contribution in [0.5, 0.6) is 0 Å². The predicted octanol–water partition coefficient (Wildman–Crippen LogP) is 3.81. The van der Waals surface area contributed by atoms with Crippen molar-refractivity contribution < 1.29 is 4.42 Å². The summed E-state index contributed by atoms with van der Waals surface area (Å²) in [6, 6.07) is 10.9. The van der Waals surface area contributed by atoms with Crippen molar-refractivity contribution in [1.29, 1.82) is 0 Å². The summed E-state index contributed by atoms with van der Waals surface area (Å²) < 4.78 is 6.85. The summed E-state index contributed by atoms with van der Waals surface area (Å²) >= 11 is 2.32. The molecule has 90 valence electrons. The molecule has 0 aliphatic heterocycles. The molecule has 1 unspecified atom stereocenters. The zero-order valence-electron chi connectivity index (χ0n) is 10.3. The number of hydrogen-bond donors (Lipinski definition) is 1. The van der Waals surface area contributed by atoms with Crippen molar-refractivity contribution in [3.8, 4) is 0 Å². The molecule has 2 rings (SSSR count). The number of nitrogens with one attached hydrogen (secondary N) is 1. The lowest BCUT2D eigenvalue weighted by molar-refractivity contribution is 0.497. The van der Waals surface area contributed by atoms with Gasteiger partial charge in [0.1, 0.15) is 11.5 Å². The number of benzene rings is 1. The molecule has 1 aromatic carbocycles. The zero-order chi connectivity index (χ0) is 12.4. The summed E-state index contributed by atoms with van der Waals surface area (Å²) in [5.74, 6) is 1.95. The van der Waals surface area contributed by atoms with Crippen LogP contribution in [0.1, 0.15) is 28.7 Å². The van der Waals surface area contributed by atoms with Crippen LogP contribution in [0.4, 0.5) is 0 Å². The van der Waals surface area contributed by atoms with Gasteiger partial charge in [-0.25, -0.2) is 0 Å². The number of aryl methyl sites for hydroxylation is 2. The van der Waals surface area contributed by atoms with E-state index in [1.807, 2.05) is 20.9 Å². The van der Waals surface area contributed by atoms with E-state index in [9.17, 15) is 0 Å². The van der Waals surface area contributed by atoms with Gasteiger partial charge in [-0.2, -0.15) is 0 Å². The van der Waals surface area contributed by atoms with Crippen LogP contribution in [0, 0.1) is 17.4 Å². The van der Waals surface area contributed by atoms with Crippen molar-refractivity contribution in [2.75, 3.05) is 7.05 Å². The monoisotopic (exact) mass is 341 g/mol. The summed E-state index contributed by atoms with van der Waals surface area (Å²) in [7, 11) is 1.98. The van der Waals surface area contributed by atoms with Crippen molar-refractivity contribution in [2.45, 2.75) is 19.9 Å². The molecule has 0 radical (unpaired) electrons. The Hall–Kier alpha value is -0.810. The van der Waals surface area contributed by atoms with E-state index in [0.717, 1.165) is 11.5 Å². The first-order valence-electron chi connectivity index (χ1n) is 5.61. The smallest absolute Gasteiger partial charge is 0.106 e. The van der Waals surface area contributed by atoms with Crippen molar-refractivity contribution in [2.24, 2.45) is 0 Å². The van der Waals surface area contributed by atoms with Gasteiger partial charge in [0, 0.05) is 9.13 Å². The first-order chi connectivity index (χ1) is 8.11. The molecule has 1 N–H and O–H groups in total. The molecule has 1 heterocycles. The number of hydrogen-bond acceptors (Lipinski definition) is 2. The van der Waals surface area contributed by atoms with Gasteiger partial charge >= 0.3 is 0 Å². The molecular weight excluding hydrogens is 325 g/mol. The third kappa shape index (κ3) is 2.72. The summed E-state index contributed by atoms with van der Waals surface area (Å²) in [6.07, 6.45) is 0. The third-order valence-electron chi connectivity index (χ3n) is 2.88. The van der Waals surface area contributed by atoms with E-state index in [1.54, 1.807) is 0 Å². The highest BCUT2D eigenvalue weighted by Crippen LogP contribution is 2.27. The van der Waals surface area contributed by atoms with Crippen LogP contribution < -0.4 is 5.32 Å². The van der Waals surface area contributed by atoms with Crippen LogP contribution in [-0.4, -0.2) is 7.05 Å². The van der Waals surface area contributed by atoms with E-state index in [4.69, 9.17) is 4.42 Å². The van der Waals surface area contributed by atoms with Crippen molar-refractivity contribution in [1.82, 2.24) is 5.32 Å². The molecule has 0 aliphatic carbocycles. The highest BCUT2D eigenvalue weighted by atomic mass is 127. The molecule has 2 aromatic rings. The fourth-order valence-corrected chi connectivity index (χ4v) is 2.45. The molecule has 3 heteroatoms. The Labute approximate surface area is 116 Å². The molecule has 0 saturated heterocycles. The summed E-state index contributed by atoms with van der Waals surface area (Å²) in [5, 5.41) is 3.35. The van der Waals surface area contributed by atoms with Crippen LogP contribution in [-0.2, 0) is 0 Å². The lowest BCUT2D eigenvalue weighted by Gasteiger charge is -2.16. The molecule has 0 bridgehead atoms. The average Bonchev–Trinajstić information content (AvgIpc) is 2.62. The average molecular weight is 341 g/mol. The quantitative estimate of drug-likeness (QED) is 0.859. The molecule has 17 heavy (non-hydrogen) atoms. The highest BCUT2D eigenvalue weighted by Gasteiger charge is 2.17. The van der Waals surface area contributed by atoms with E-state index in [0.29, 0.717) is 0 Å². The number of furan rings is 1. The predicted molar refractivity (Wildman–Crippen MR) is 78.2 cm³/mol. The van der Waals surface area contributed by atoms with E-state index in [1.165, 1.54) is 14.7 Å². The minimum Gasteiger partial charge on any atom is -0.466 e. The maximum Gasteiger partial charge on any atom is 0.106 e. The molecular formula is C14H16INO. The second-order valence-corrected chi connectivity index (χ2v) is 5.39. The standard InChI is InChI=1S/C14H16INO/c1-9-8-13(10(2)17-9)14(16-3)11-4-6-12(15)7-5-11/h4-8,14,16H,1-3H3. The topological polar surface area (TPSA) is 25.2 Å². The summed E-state index contributed by atoms with van der Waals surface area (Å²) in [5.41, 5.74) is 2.48. The Morgan fingerprint density at radius 2 is 1.82 bits per heavy atom. The fourth-order valence-electron chi connectivity index (χ4n) is 2.09. The molecule has 1 aromatic heterocycles. The first-order valence-corrected chi connectivity index (χ1v) is 6.69. The Kier molecular flexibility index (Phi) is 3.89. The summed E-state index contributed by atoms with van der Waals surface area (Å²) in [4.78, 5) is 0. The van der Waals surface area contributed by atoms with Crippen LogP contribution in [0.15, 0.2) is 34.7 Å². The maximum atomic E-state index is 5.60. The largest absolute Gasteiger partial charge is 0.466 e. The van der Waals surface area contributed by atoms with E-state index in [-0.39, 0.29) is 6.04 Å². The van der Waals surface area contributed by atoms with E-state index >= 15 is 0 Å². The van der Waals surface area contributed by atoms with Crippen LogP contribution in [0.25, 0.3) is 0 Å². The van der Waals surface area contributed by atoms with Crippen molar-refractivity contribution in [3.05, 3.63) is 56.5 Å². The first kappa shape index (κ1) is 12.6. The van der Waals surface area contributed by atoms with E-state index < -0.39 is 0 Å². The Morgan fingerprint density at radius 3 is 2.29 bits per heavy atom. The molecule has 2 nitrogen and oxygen atoms in total. The molecule has 0 amide bonds. The van der Waals surface area contributed by atoms with Gasteiger partial charge in [-0.1, -0.05) is 12.1 Å².